The first kappa shape index (κ1) is 13.4. The van der Waals surface area contributed by atoms with Crippen molar-refractivity contribution in [2.45, 2.75) is 19.9 Å². The van der Waals surface area contributed by atoms with Gasteiger partial charge in [-0.25, -0.2) is 0 Å². The van der Waals surface area contributed by atoms with Gasteiger partial charge in [0.1, 0.15) is 5.75 Å². The molecule has 0 fully saturated rings. The fourth-order valence-corrected chi connectivity index (χ4v) is 1.75. The van der Waals surface area contributed by atoms with E-state index in [1.807, 2.05) is 37.9 Å². The molecule has 0 bridgehead atoms. The summed E-state index contributed by atoms with van der Waals surface area (Å²) in [4.78, 5) is 2.04. The fraction of sp³-hybridized carbons (Fsp3) is 0.429. The Bertz CT molecular complexity index is 409. The Balaban J connectivity index is 2.99. The number of phenols is 1. The maximum absolute atomic E-state index is 9.99. The first-order valence-electron chi connectivity index (χ1n) is 5.82. The Kier molecular flexibility index (Phi) is 4.86. The van der Waals surface area contributed by atoms with Gasteiger partial charge >= 0.3 is 0 Å². The van der Waals surface area contributed by atoms with Crippen LogP contribution >= 0.6 is 0 Å². The van der Waals surface area contributed by atoms with E-state index in [1.165, 1.54) is 0 Å². The monoisotopic (exact) mass is 232 g/mol. The van der Waals surface area contributed by atoms with E-state index < -0.39 is 0 Å². The summed E-state index contributed by atoms with van der Waals surface area (Å²) in [7, 11) is 1.87. The molecule has 1 atom stereocenters. The van der Waals surface area contributed by atoms with E-state index in [2.05, 4.69) is 11.2 Å². The standard InChI is InChI=1S/C14H20N2O/c1-5-9-16(6-2)12-7-8-13(11(3)15-4)14(17)10-12/h1,7-8,10-11,15,17H,6,9H2,2-4H3. The Morgan fingerprint density at radius 1 is 1.53 bits per heavy atom. The van der Waals surface area contributed by atoms with Gasteiger partial charge in [-0.15, -0.1) is 6.42 Å². The van der Waals surface area contributed by atoms with Gasteiger partial charge in [-0.3, -0.25) is 0 Å². The number of rotatable bonds is 5. The van der Waals surface area contributed by atoms with Crippen LogP contribution in [0.5, 0.6) is 5.75 Å². The molecule has 0 amide bonds. The molecule has 1 rings (SSSR count). The molecule has 0 radical (unpaired) electrons. The summed E-state index contributed by atoms with van der Waals surface area (Å²) < 4.78 is 0. The molecule has 0 heterocycles. The van der Waals surface area contributed by atoms with E-state index in [4.69, 9.17) is 6.42 Å². The summed E-state index contributed by atoms with van der Waals surface area (Å²) in [5.41, 5.74) is 1.85. The topological polar surface area (TPSA) is 35.5 Å². The van der Waals surface area contributed by atoms with Crippen LogP contribution in [0.2, 0.25) is 0 Å². The minimum Gasteiger partial charge on any atom is -0.508 e. The van der Waals surface area contributed by atoms with E-state index in [-0.39, 0.29) is 6.04 Å². The Morgan fingerprint density at radius 3 is 2.71 bits per heavy atom. The molecule has 3 nitrogen and oxygen atoms in total. The first-order chi connectivity index (χ1) is 8.13. The number of hydrogen-bond acceptors (Lipinski definition) is 3. The Labute approximate surface area is 103 Å². The second-order valence-corrected chi connectivity index (χ2v) is 3.97. The number of nitrogens with one attached hydrogen (secondary N) is 1. The lowest BCUT2D eigenvalue weighted by molar-refractivity contribution is 0.458. The first-order valence-corrected chi connectivity index (χ1v) is 5.82. The molecule has 0 aliphatic carbocycles. The summed E-state index contributed by atoms with van der Waals surface area (Å²) in [6.07, 6.45) is 5.32. The van der Waals surface area contributed by atoms with Gasteiger partial charge in [0.15, 0.2) is 0 Å². The Morgan fingerprint density at radius 2 is 2.24 bits per heavy atom. The van der Waals surface area contributed by atoms with Crippen molar-refractivity contribution in [3.63, 3.8) is 0 Å². The average Bonchev–Trinajstić information content (AvgIpc) is 2.35. The van der Waals surface area contributed by atoms with Crippen LogP contribution in [0.1, 0.15) is 25.5 Å². The molecule has 0 aliphatic rings. The number of nitrogens with zero attached hydrogens (tertiary/aromatic N) is 1. The summed E-state index contributed by atoms with van der Waals surface area (Å²) in [5, 5.41) is 13.1. The van der Waals surface area contributed by atoms with Crippen LogP contribution in [-0.2, 0) is 0 Å². The lowest BCUT2D eigenvalue weighted by Crippen LogP contribution is -2.22. The van der Waals surface area contributed by atoms with Gasteiger partial charge in [0.05, 0.1) is 6.54 Å². The maximum Gasteiger partial charge on any atom is 0.122 e. The van der Waals surface area contributed by atoms with Crippen molar-refractivity contribution in [3.05, 3.63) is 23.8 Å². The lowest BCUT2D eigenvalue weighted by atomic mass is 10.1. The normalized spacial score (nSPS) is 11.9. The van der Waals surface area contributed by atoms with E-state index in [0.717, 1.165) is 17.8 Å². The van der Waals surface area contributed by atoms with E-state index in [1.54, 1.807) is 6.07 Å². The molecule has 0 spiro atoms. The fourth-order valence-electron chi connectivity index (χ4n) is 1.75. The van der Waals surface area contributed by atoms with Crippen molar-refractivity contribution < 1.29 is 5.11 Å². The highest BCUT2D eigenvalue weighted by Crippen LogP contribution is 2.28. The molecule has 1 aromatic carbocycles. The van der Waals surface area contributed by atoms with Crippen LogP contribution < -0.4 is 10.2 Å². The number of aromatic hydroxyl groups is 1. The SMILES string of the molecule is C#CCN(CC)c1ccc(C(C)NC)c(O)c1. The third-order valence-electron chi connectivity index (χ3n) is 2.94. The summed E-state index contributed by atoms with van der Waals surface area (Å²) in [6, 6.07) is 5.82. The van der Waals surface area contributed by atoms with Gasteiger partial charge in [-0.05, 0) is 27.0 Å². The molecule has 17 heavy (non-hydrogen) atoms. The van der Waals surface area contributed by atoms with Crippen LogP contribution in [0.3, 0.4) is 0 Å². The van der Waals surface area contributed by atoms with Crippen molar-refractivity contribution in [2.24, 2.45) is 0 Å². The van der Waals surface area contributed by atoms with Gasteiger partial charge in [-0.2, -0.15) is 0 Å². The second-order valence-electron chi connectivity index (χ2n) is 3.97. The molecular formula is C14H20N2O. The largest absolute Gasteiger partial charge is 0.508 e. The number of phenolic OH excluding ortho intramolecular Hbond substituents is 1. The van der Waals surface area contributed by atoms with Crippen LogP contribution in [-0.4, -0.2) is 25.2 Å². The Hall–Kier alpha value is -1.66. The maximum atomic E-state index is 9.99. The zero-order valence-electron chi connectivity index (χ0n) is 10.7. The van der Waals surface area contributed by atoms with E-state index in [9.17, 15) is 5.11 Å². The smallest absolute Gasteiger partial charge is 0.122 e. The van der Waals surface area contributed by atoms with Gasteiger partial charge in [0, 0.05) is 29.9 Å². The molecule has 0 aliphatic heterocycles. The summed E-state index contributed by atoms with van der Waals surface area (Å²) >= 11 is 0. The van der Waals surface area contributed by atoms with Crippen molar-refractivity contribution in [1.82, 2.24) is 5.32 Å². The second kappa shape index (κ2) is 6.17. The number of terminal acetylenes is 1. The average molecular weight is 232 g/mol. The molecule has 0 saturated carbocycles. The van der Waals surface area contributed by atoms with Crippen LogP contribution in [0.15, 0.2) is 18.2 Å². The van der Waals surface area contributed by atoms with Crippen molar-refractivity contribution in [3.8, 4) is 18.1 Å². The van der Waals surface area contributed by atoms with Crippen molar-refractivity contribution in [2.75, 3.05) is 25.0 Å². The van der Waals surface area contributed by atoms with Gasteiger partial charge in [0.2, 0.25) is 0 Å². The summed E-state index contributed by atoms with van der Waals surface area (Å²) in [5.74, 6) is 2.92. The zero-order chi connectivity index (χ0) is 12.8. The molecule has 1 aromatic rings. The predicted octanol–water partition coefficient (Wildman–Crippen LogP) is 2.13. The van der Waals surface area contributed by atoms with Gasteiger partial charge in [-0.1, -0.05) is 12.0 Å². The van der Waals surface area contributed by atoms with Crippen LogP contribution in [0.25, 0.3) is 0 Å². The number of benzene rings is 1. The zero-order valence-corrected chi connectivity index (χ0v) is 10.7. The number of anilines is 1. The van der Waals surface area contributed by atoms with Gasteiger partial charge in [0.25, 0.3) is 0 Å². The molecule has 3 heteroatoms. The molecule has 92 valence electrons. The third kappa shape index (κ3) is 3.15. The molecule has 0 aromatic heterocycles. The van der Waals surface area contributed by atoms with Crippen molar-refractivity contribution in [1.29, 1.82) is 0 Å². The quantitative estimate of drug-likeness (QED) is 0.763. The van der Waals surface area contributed by atoms with Crippen LogP contribution in [0, 0.1) is 12.3 Å². The number of hydrogen-bond donors (Lipinski definition) is 2. The molecular weight excluding hydrogens is 212 g/mol. The summed E-state index contributed by atoms with van der Waals surface area (Å²) in [6.45, 7) is 5.42. The highest BCUT2D eigenvalue weighted by atomic mass is 16.3. The van der Waals surface area contributed by atoms with Gasteiger partial charge < -0.3 is 15.3 Å². The lowest BCUT2D eigenvalue weighted by Gasteiger charge is -2.22. The van der Waals surface area contributed by atoms with E-state index in [0.29, 0.717) is 12.3 Å². The minimum atomic E-state index is 0.131. The highest BCUT2D eigenvalue weighted by Gasteiger charge is 2.11. The molecule has 0 saturated heterocycles. The molecule has 2 N–H and O–H groups in total. The van der Waals surface area contributed by atoms with Crippen molar-refractivity contribution >= 4 is 5.69 Å². The molecule has 1 unspecified atom stereocenters. The van der Waals surface area contributed by atoms with Crippen LogP contribution in [0.4, 0.5) is 5.69 Å². The minimum absolute atomic E-state index is 0.131. The highest BCUT2D eigenvalue weighted by molar-refractivity contribution is 5.54. The predicted molar refractivity (Wildman–Crippen MR) is 72.3 cm³/mol. The third-order valence-corrected chi connectivity index (χ3v) is 2.94. The van der Waals surface area contributed by atoms with E-state index >= 15 is 0 Å².